The van der Waals surface area contributed by atoms with Crippen LogP contribution in [-0.2, 0) is 4.74 Å². The van der Waals surface area contributed by atoms with Crippen LogP contribution in [0.4, 0.5) is 5.82 Å². The Kier molecular flexibility index (Phi) is 3.96. The number of methoxy groups -OCH3 is 1. The number of hydrogen-bond acceptors (Lipinski definition) is 4. The summed E-state index contributed by atoms with van der Waals surface area (Å²) in [5.41, 5.74) is 0.501. The van der Waals surface area contributed by atoms with Crippen LogP contribution in [-0.4, -0.2) is 24.6 Å². The molecule has 0 bridgehead atoms. The summed E-state index contributed by atoms with van der Waals surface area (Å²) in [5.74, 6) is 1.22. The van der Waals surface area contributed by atoms with E-state index in [-0.39, 0.29) is 5.97 Å². The normalized spacial score (nSPS) is 14.4. The number of ether oxygens (including phenoxy) is 1. The number of aromatic nitrogens is 1. The number of pyridine rings is 1. The minimum Gasteiger partial charge on any atom is -0.465 e. The highest BCUT2D eigenvalue weighted by atomic mass is 16.5. The molecule has 0 spiro atoms. The fourth-order valence-corrected chi connectivity index (χ4v) is 1.82. The topological polar surface area (TPSA) is 51.2 Å². The standard InChI is InChI=1S/C13H18N2O2/c1-17-13(16)11-5-3-9-15-12(11)14-8-2-4-10-6-7-10/h3,5,9-10H,2,4,6-8H2,1H3,(H,14,15). The summed E-state index contributed by atoms with van der Waals surface area (Å²) >= 11 is 0. The maximum atomic E-state index is 11.5. The number of nitrogens with one attached hydrogen (secondary N) is 1. The molecule has 2 rings (SSSR count). The van der Waals surface area contributed by atoms with Crippen molar-refractivity contribution in [3.8, 4) is 0 Å². The quantitative estimate of drug-likeness (QED) is 0.607. The fraction of sp³-hybridized carbons (Fsp3) is 0.538. The molecule has 1 aromatic rings. The van der Waals surface area contributed by atoms with Gasteiger partial charge in [-0.25, -0.2) is 9.78 Å². The van der Waals surface area contributed by atoms with Crippen LogP contribution in [0.25, 0.3) is 0 Å². The molecule has 92 valence electrons. The SMILES string of the molecule is COC(=O)c1cccnc1NCCCC1CC1. The van der Waals surface area contributed by atoms with Crippen LogP contribution in [0.1, 0.15) is 36.0 Å². The minimum atomic E-state index is -0.345. The smallest absolute Gasteiger partial charge is 0.341 e. The van der Waals surface area contributed by atoms with Crippen molar-refractivity contribution in [1.82, 2.24) is 4.98 Å². The maximum absolute atomic E-state index is 11.5. The third-order valence-corrected chi connectivity index (χ3v) is 2.99. The van der Waals surface area contributed by atoms with Crippen LogP contribution in [0.15, 0.2) is 18.3 Å². The van der Waals surface area contributed by atoms with Crippen LogP contribution in [0.3, 0.4) is 0 Å². The molecule has 0 atom stereocenters. The van der Waals surface area contributed by atoms with Crippen LogP contribution in [0.5, 0.6) is 0 Å². The lowest BCUT2D eigenvalue weighted by Gasteiger charge is -2.08. The summed E-state index contributed by atoms with van der Waals surface area (Å²) in [6.07, 6.45) is 6.85. The minimum absolute atomic E-state index is 0.345. The summed E-state index contributed by atoms with van der Waals surface area (Å²) in [6, 6.07) is 3.46. The van der Waals surface area contributed by atoms with E-state index >= 15 is 0 Å². The van der Waals surface area contributed by atoms with Crippen molar-refractivity contribution in [1.29, 1.82) is 0 Å². The first-order chi connectivity index (χ1) is 8.31. The van der Waals surface area contributed by atoms with Gasteiger partial charge in [-0.2, -0.15) is 0 Å². The van der Waals surface area contributed by atoms with Crippen molar-refractivity contribution in [2.45, 2.75) is 25.7 Å². The van der Waals surface area contributed by atoms with E-state index in [1.54, 1.807) is 18.3 Å². The maximum Gasteiger partial charge on any atom is 0.341 e. The number of nitrogens with zero attached hydrogens (tertiary/aromatic N) is 1. The van der Waals surface area contributed by atoms with Crippen LogP contribution < -0.4 is 5.32 Å². The molecule has 0 unspecified atom stereocenters. The van der Waals surface area contributed by atoms with E-state index in [1.807, 2.05) is 0 Å². The Morgan fingerprint density at radius 3 is 3.12 bits per heavy atom. The molecule has 0 amide bonds. The second kappa shape index (κ2) is 5.66. The molecule has 1 aromatic heterocycles. The summed E-state index contributed by atoms with van der Waals surface area (Å²) in [6.45, 7) is 0.859. The van der Waals surface area contributed by atoms with Crippen molar-refractivity contribution in [2.75, 3.05) is 19.0 Å². The molecule has 0 saturated heterocycles. The molecule has 1 aliphatic carbocycles. The Labute approximate surface area is 101 Å². The van der Waals surface area contributed by atoms with Crippen molar-refractivity contribution >= 4 is 11.8 Å². The average molecular weight is 234 g/mol. The van der Waals surface area contributed by atoms with Gasteiger partial charge in [0.15, 0.2) is 0 Å². The van der Waals surface area contributed by atoms with Gasteiger partial charge in [0.2, 0.25) is 0 Å². The second-order valence-corrected chi connectivity index (χ2v) is 4.40. The van der Waals surface area contributed by atoms with Gasteiger partial charge >= 0.3 is 5.97 Å². The Balaban J connectivity index is 1.87. The van der Waals surface area contributed by atoms with Crippen molar-refractivity contribution in [2.24, 2.45) is 5.92 Å². The van der Waals surface area contributed by atoms with Gasteiger partial charge in [0.1, 0.15) is 11.4 Å². The Hall–Kier alpha value is -1.58. The van der Waals surface area contributed by atoms with Crippen LogP contribution in [0.2, 0.25) is 0 Å². The zero-order valence-electron chi connectivity index (χ0n) is 10.1. The molecule has 1 fully saturated rings. The number of carbonyl (C=O) groups is 1. The highest BCUT2D eigenvalue weighted by molar-refractivity contribution is 5.94. The van der Waals surface area contributed by atoms with Gasteiger partial charge in [-0.15, -0.1) is 0 Å². The highest BCUT2D eigenvalue weighted by Crippen LogP contribution is 2.33. The number of carbonyl (C=O) groups excluding carboxylic acids is 1. The number of esters is 1. The molecule has 1 saturated carbocycles. The largest absolute Gasteiger partial charge is 0.465 e. The lowest BCUT2D eigenvalue weighted by Crippen LogP contribution is -2.10. The summed E-state index contributed by atoms with van der Waals surface area (Å²) in [5, 5.41) is 3.20. The zero-order chi connectivity index (χ0) is 12.1. The molecule has 0 aliphatic heterocycles. The summed E-state index contributed by atoms with van der Waals surface area (Å²) in [4.78, 5) is 15.7. The monoisotopic (exact) mass is 234 g/mol. The number of hydrogen-bond donors (Lipinski definition) is 1. The van der Waals surface area contributed by atoms with Crippen molar-refractivity contribution in [3.05, 3.63) is 23.9 Å². The van der Waals surface area contributed by atoms with E-state index in [0.717, 1.165) is 18.9 Å². The van der Waals surface area contributed by atoms with E-state index in [2.05, 4.69) is 10.3 Å². The lowest BCUT2D eigenvalue weighted by atomic mass is 10.2. The predicted molar refractivity (Wildman–Crippen MR) is 66.0 cm³/mol. The van der Waals surface area contributed by atoms with E-state index in [0.29, 0.717) is 11.4 Å². The van der Waals surface area contributed by atoms with Crippen molar-refractivity contribution < 1.29 is 9.53 Å². The average Bonchev–Trinajstić information content (AvgIpc) is 3.18. The van der Waals surface area contributed by atoms with Gasteiger partial charge in [-0.1, -0.05) is 12.8 Å². The molecule has 0 radical (unpaired) electrons. The number of anilines is 1. The Bertz CT molecular complexity index is 389. The molecule has 1 N–H and O–H groups in total. The van der Waals surface area contributed by atoms with Crippen LogP contribution in [0, 0.1) is 5.92 Å². The summed E-state index contributed by atoms with van der Waals surface area (Å²) in [7, 11) is 1.38. The van der Waals surface area contributed by atoms with Gasteiger partial charge in [-0.3, -0.25) is 0 Å². The molecule has 1 heterocycles. The van der Waals surface area contributed by atoms with Crippen LogP contribution >= 0.6 is 0 Å². The molecule has 4 nitrogen and oxygen atoms in total. The predicted octanol–water partition coefficient (Wildman–Crippen LogP) is 2.47. The van der Waals surface area contributed by atoms with E-state index < -0.39 is 0 Å². The molecule has 1 aliphatic rings. The molecular weight excluding hydrogens is 216 g/mol. The van der Waals surface area contributed by atoms with Gasteiger partial charge in [0, 0.05) is 12.7 Å². The molecular formula is C13H18N2O2. The van der Waals surface area contributed by atoms with Gasteiger partial charge in [-0.05, 0) is 30.9 Å². The first kappa shape index (κ1) is 11.9. The molecule has 17 heavy (non-hydrogen) atoms. The highest BCUT2D eigenvalue weighted by Gasteiger charge is 2.20. The van der Waals surface area contributed by atoms with E-state index in [4.69, 9.17) is 4.74 Å². The van der Waals surface area contributed by atoms with E-state index in [9.17, 15) is 4.79 Å². The first-order valence-electron chi connectivity index (χ1n) is 6.08. The zero-order valence-corrected chi connectivity index (χ0v) is 10.1. The lowest BCUT2D eigenvalue weighted by molar-refractivity contribution is 0.0601. The van der Waals surface area contributed by atoms with E-state index in [1.165, 1.54) is 26.4 Å². The fourth-order valence-electron chi connectivity index (χ4n) is 1.82. The van der Waals surface area contributed by atoms with Crippen molar-refractivity contribution in [3.63, 3.8) is 0 Å². The molecule has 4 heteroatoms. The van der Waals surface area contributed by atoms with Gasteiger partial charge in [0.05, 0.1) is 7.11 Å². The Morgan fingerprint density at radius 1 is 1.59 bits per heavy atom. The third kappa shape index (κ3) is 3.44. The first-order valence-corrected chi connectivity index (χ1v) is 6.08. The molecule has 0 aromatic carbocycles. The number of rotatable bonds is 6. The summed E-state index contributed by atoms with van der Waals surface area (Å²) < 4.78 is 4.71. The van der Waals surface area contributed by atoms with Gasteiger partial charge in [0.25, 0.3) is 0 Å². The second-order valence-electron chi connectivity index (χ2n) is 4.40. The van der Waals surface area contributed by atoms with Gasteiger partial charge < -0.3 is 10.1 Å². The third-order valence-electron chi connectivity index (χ3n) is 2.99. The Morgan fingerprint density at radius 2 is 2.41 bits per heavy atom.